The van der Waals surface area contributed by atoms with Gasteiger partial charge < -0.3 is 5.32 Å². The predicted molar refractivity (Wildman–Crippen MR) is 88.6 cm³/mol. The molecule has 1 N–H and O–H groups in total. The molecule has 0 bridgehead atoms. The summed E-state index contributed by atoms with van der Waals surface area (Å²) in [5, 5.41) is 7.75. The summed E-state index contributed by atoms with van der Waals surface area (Å²) in [6.45, 7) is 4.02. The molecule has 0 saturated heterocycles. The molecule has 3 rings (SSSR count). The molecule has 2 aliphatic carbocycles. The highest BCUT2D eigenvalue weighted by atomic mass is 79.9. The summed E-state index contributed by atoms with van der Waals surface area (Å²) in [6.07, 6.45) is 10.8. The van der Waals surface area contributed by atoms with Crippen LogP contribution >= 0.6 is 15.9 Å². The highest BCUT2D eigenvalue weighted by Gasteiger charge is 2.27. The fraction of sp³-hybridized carbons (Fsp3) is 0.750. The van der Waals surface area contributed by atoms with Crippen molar-refractivity contribution in [2.24, 2.45) is 11.3 Å². The topological polar surface area (TPSA) is 46.9 Å². The lowest BCUT2D eigenvalue weighted by molar-refractivity contribution is 0.233. The molecular weight excluding hydrogens is 330 g/mol. The van der Waals surface area contributed by atoms with Gasteiger partial charge in [-0.2, -0.15) is 5.10 Å². The molecule has 4 nitrogen and oxygen atoms in total. The quantitative estimate of drug-likeness (QED) is 0.875. The first-order valence-electron chi connectivity index (χ1n) is 8.07. The molecule has 2 fully saturated rings. The van der Waals surface area contributed by atoms with Gasteiger partial charge >= 0.3 is 0 Å². The van der Waals surface area contributed by atoms with Gasteiger partial charge in [-0.25, -0.2) is 4.68 Å². The first-order chi connectivity index (χ1) is 10.1. The Morgan fingerprint density at radius 1 is 1.38 bits per heavy atom. The van der Waals surface area contributed by atoms with Crippen LogP contribution in [0.25, 0.3) is 0 Å². The Balaban J connectivity index is 1.67. The molecule has 0 spiro atoms. The highest BCUT2D eigenvalue weighted by molar-refractivity contribution is 9.10. The van der Waals surface area contributed by atoms with E-state index in [2.05, 4.69) is 33.3 Å². The Labute approximate surface area is 134 Å². The molecule has 0 aliphatic heterocycles. The van der Waals surface area contributed by atoms with Crippen LogP contribution in [0.4, 0.5) is 5.69 Å². The van der Waals surface area contributed by atoms with Crippen LogP contribution < -0.4 is 10.9 Å². The number of rotatable bonds is 5. The summed E-state index contributed by atoms with van der Waals surface area (Å²) in [5.41, 5.74) is 1.17. The second-order valence-corrected chi connectivity index (χ2v) is 7.82. The maximum Gasteiger partial charge on any atom is 0.283 e. The SMILES string of the molecule is CC1(CNc2cnn(CC3CC3)c(=O)c2Br)CCCCC1. The van der Waals surface area contributed by atoms with Crippen LogP contribution in [0.3, 0.4) is 0 Å². The fourth-order valence-corrected chi connectivity index (χ4v) is 3.60. The van der Waals surface area contributed by atoms with Gasteiger partial charge in [-0.1, -0.05) is 26.2 Å². The molecule has 1 aromatic heterocycles. The Kier molecular flexibility index (Phi) is 4.38. The standard InChI is InChI=1S/C16H24BrN3O/c1-16(7-3-2-4-8-16)11-18-13-9-19-20(10-12-5-6-12)15(21)14(13)17/h9,12,18H,2-8,10-11H2,1H3. The third-order valence-corrected chi connectivity index (χ3v) is 5.65. The van der Waals surface area contributed by atoms with Crippen LogP contribution in [0.5, 0.6) is 0 Å². The van der Waals surface area contributed by atoms with Gasteiger partial charge in [0.15, 0.2) is 0 Å². The first-order valence-corrected chi connectivity index (χ1v) is 8.86. The second kappa shape index (κ2) is 6.11. The summed E-state index contributed by atoms with van der Waals surface area (Å²) in [6, 6.07) is 0. The van der Waals surface area contributed by atoms with Crippen LogP contribution in [-0.2, 0) is 6.54 Å². The van der Waals surface area contributed by atoms with E-state index in [9.17, 15) is 4.79 Å². The molecule has 0 atom stereocenters. The zero-order chi connectivity index (χ0) is 14.9. The molecule has 0 amide bonds. The second-order valence-electron chi connectivity index (χ2n) is 7.03. The summed E-state index contributed by atoms with van der Waals surface area (Å²) in [5.74, 6) is 0.655. The lowest BCUT2D eigenvalue weighted by Gasteiger charge is -2.34. The maximum atomic E-state index is 12.3. The van der Waals surface area contributed by atoms with E-state index < -0.39 is 0 Å². The molecular formula is C16H24BrN3O. The monoisotopic (exact) mass is 353 g/mol. The first kappa shape index (κ1) is 15.1. The van der Waals surface area contributed by atoms with Crippen molar-refractivity contribution in [1.82, 2.24) is 9.78 Å². The zero-order valence-corrected chi connectivity index (χ0v) is 14.3. The highest BCUT2D eigenvalue weighted by Crippen LogP contribution is 2.36. The van der Waals surface area contributed by atoms with Gasteiger partial charge in [-0.3, -0.25) is 4.79 Å². The van der Waals surface area contributed by atoms with Crippen molar-refractivity contribution in [3.63, 3.8) is 0 Å². The van der Waals surface area contributed by atoms with Crippen LogP contribution in [0.2, 0.25) is 0 Å². The van der Waals surface area contributed by atoms with Crippen molar-refractivity contribution in [2.75, 3.05) is 11.9 Å². The molecule has 0 radical (unpaired) electrons. The zero-order valence-electron chi connectivity index (χ0n) is 12.7. The van der Waals surface area contributed by atoms with Gasteiger partial charge in [-0.05, 0) is 52.9 Å². The summed E-state index contributed by atoms with van der Waals surface area (Å²) in [7, 11) is 0. The van der Waals surface area contributed by atoms with Crippen molar-refractivity contribution in [3.05, 3.63) is 21.0 Å². The van der Waals surface area contributed by atoms with Crippen molar-refractivity contribution < 1.29 is 0 Å². The largest absolute Gasteiger partial charge is 0.382 e. The Hall–Kier alpha value is -0.840. The van der Waals surface area contributed by atoms with E-state index in [4.69, 9.17) is 0 Å². The van der Waals surface area contributed by atoms with E-state index in [1.807, 2.05) is 0 Å². The minimum atomic E-state index is -0.0132. The van der Waals surface area contributed by atoms with Crippen LogP contribution in [0.15, 0.2) is 15.5 Å². The van der Waals surface area contributed by atoms with Gasteiger partial charge in [0.25, 0.3) is 5.56 Å². The van der Waals surface area contributed by atoms with Gasteiger partial charge in [0.1, 0.15) is 4.47 Å². The molecule has 1 heterocycles. The fourth-order valence-electron chi connectivity index (χ4n) is 3.15. The van der Waals surface area contributed by atoms with E-state index in [0.717, 1.165) is 18.8 Å². The summed E-state index contributed by atoms with van der Waals surface area (Å²) < 4.78 is 2.22. The van der Waals surface area contributed by atoms with Gasteiger partial charge in [0.05, 0.1) is 11.9 Å². The Morgan fingerprint density at radius 3 is 2.76 bits per heavy atom. The van der Waals surface area contributed by atoms with Crippen molar-refractivity contribution >= 4 is 21.6 Å². The molecule has 5 heteroatoms. The molecule has 1 aromatic rings. The predicted octanol–water partition coefficient (Wildman–Crippen LogP) is 3.80. The minimum absolute atomic E-state index is 0.0132. The van der Waals surface area contributed by atoms with E-state index in [1.54, 1.807) is 10.9 Å². The molecule has 116 valence electrons. The van der Waals surface area contributed by atoms with Gasteiger partial charge in [0, 0.05) is 13.1 Å². The van der Waals surface area contributed by atoms with E-state index >= 15 is 0 Å². The van der Waals surface area contributed by atoms with E-state index in [0.29, 0.717) is 15.8 Å². The average molecular weight is 354 g/mol. The minimum Gasteiger partial charge on any atom is -0.382 e. The Morgan fingerprint density at radius 2 is 2.10 bits per heavy atom. The third-order valence-electron chi connectivity index (χ3n) is 4.88. The number of aromatic nitrogens is 2. The number of hydrogen-bond donors (Lipinski definition) is 1. The lowest BCUT2D eigenvalue weighted by atomic mass is 9.76. The van der Waals surface area contributed by atoms with Crippen molar-refractivity contribution in [1.29, 1.82) is 0 Å². The number of hydrogen-bond acceptors (Lipinski definition) is 3. The molecule has 0 aromatic carbocycles. The molecule has 2 saturated carbocycles. The van der Waals surface area contributed by atoms with Crippen molar-refractivity contribution in [3.8, 4) is 0 Å². The third kappa shape index (κ3) is 3.68. The van der Waals surface area contributed by atoms with E-state index in [-0.39, 0.29) is 5.56 Å². The number of anilines is 1. The average Bonchev–Trinajstić information content (AvgIpc) is 3.28. The summed E-state index contributed by atoms with van der Waals surface area (Å²) in [4.78, 5) is 12.3. The van der Waals surface area contributed by atoms with E-state index in [1.165, 1.54) is 44.9 Å². The van der Waals surface area contributed by atoms with Gasteiger partial charge in [0.2, 0.25) is 0 Å². The molecule has 2 aliphatic rings. The molecule has 0 unspecified atom stereocenters. The normalized spacial score (nSPS) is 21.2. The maximum absolute atomic E-state index is 12.3. The van der Waals surface area contributed by atoms with Crippen molar-refractivity contribution in [2.45, 2.75) is 58.4 Å². The Bertz CT molecular complexity index is 559. The smallest absolute Gasteiger partial charge is 0.283 e. The molecule has 21 heavy (non-hydrogen) atoms. The summed E-state index contributed by atoms with van der Waals surface area (Å²) >= 11 is 3.45. The van der Waals surface area contributed by atoms with Crippen LogP contribution in [0, 0.1) is 11.3 Å². The number of halogens is 1. The lowest BCUT2D eigenvalue weighted by Crippen LogP contribution is -2.30. The van der Waals surface area contributed by atoms with Crippen LogP contribution in [-0.4, -0.2) is 16.3 Å². The number of nitrogens with zero attached hydrogens (tertiary/aromatic N) is 2. The van der Waals surface area contributed by atoms with Gasteiger partial charge in [-0.15, -0.1) is 0 Å². The number of nitrogens with one attached hydrogen (secondary N) is 1. The van der Waals surface area contributed by atoms with Crippen LogP contribution in [0.1, 0.15) is 51.9 Å².